The van der Waals surface area contributed by atoms with Crippen molar-refractivity contribution in [2.75, 3.05) is 6.61 Å². The van der Waals surface area contributed by atoms with Crippen molar-refractivity contribution in [3.8, 4) is 5.75 Å². The Balaban J connectivity index is 2.46. The van der Waals surface area contributed by atoms with Gasteiger partial charge in [0.15, 0.2) is 6.61 Å². The molecule has 2 rings (SSSR count). The highest BCUT2D eigenvalue weighted by atomic mass is 19.4. The zero-order valence-corrected chi connectivity index (χ0v) is 10.9. The van der Waals surface area contributed by atoms with Crippen LogP contribution in [-0.4, -0.2) is 23.0 Å². The lowest BCUT2D eigenvalue weighted by molar-refractivity contribution is -0.153. The van der Waals surface area contributed by atoms with E-state index in [0.29, 0.717) is 16.5 Å². The number of ether oxygens (including phenoxy) is 1. The average Bonchev–Trinajstić information content (AvgIpc) is 2.35. The quantitative estimate of drug-likeness (QED) is 0.943. The predicted molar refractivity (Wildman–Crippen MR) is 68.0 cm³/mol. The van der Waals surface area contributed by atoms with Crippen LogP contribution in [0.1, 0.15) is 25.5 Å². The van der Waals surface area contributed by atoms with Crippen LogP contribution in [0.25, 0.3) is 10.8 Å². The first-order valence-electron chi connectivity index (χ1n) is 6.00. The van der Waals surface area contributed by atoms with Crippen molar-refractivity contribution >= 4 is 10.8 Å². The molecule has 1 aromatic heterocycles. The van der Waals surface area contributed by atoms with E-state index < -0.39 is 12.8 Å². The third kappa shape index (κ3) is 3.09. The van der Waals surface area contributed by atoms with Crippen LogP contribution >= 0.6 is 0 Å². The van der Waals surface area contributed by atoms with Crippen molar-refractivity contribution in [3.63, 3.8) is 0 Å². The van der Waals surface area contributed by atoms with Gasteiger partial charge < -0.3 is 4.74 Å². The normalized spacial score (nSPS) is 12.1. The number of nitrogens with one attached hydrogen (secondary N) is 1. The molecule has 0 aliphatic heterocycles. The number of nitrogens with zero attached hydrogens (tertiary/aromatic N) is 1. The summed E-state index contributed by atoms with van der Waals surface area (Å²) in [5, 5.41) is 7.20. The number of benzene rings is 1. The highest BCUT2D eigenvalue weighted by molar-refractivity contribution is 5.85. The maximum atomic E-state index is 12.1. The molecule has 1 heterocycles. The molecule has 0 aliphatic rings. The third-order valence-electron chi connectivity index (χ3n) is 2.74. The molecule has 0 spiro atoms. The van der Waals surface area contributed by atoms with Gasteiger partial charge in [-0.15, -0.1) is 0 Å². The van der Waals surface area contributed by atoms with E-state index in [1.54, 1.807) is 0 Å². The van der Waals surface area contributed by atoms with E-state index in [-0.39, 0.29) is 17.2 Å². The van der Waals surface area contributed by atoms with Crippen LogP contribution < -0.4 is 10.3 Å². The second kappa shape index (κ2) is 5.15. The number of alkyl halides is 3. The van der Waals surface area contributed by atoms with Gasteiger partial charge in [0.05, 0.1) is 11.1 Å². The lowest BCUT2D eigenvalue weighted by Gasteiger charge is -2.11. The molecule has 0 unspecified atom stereocenters. The maximum Gasteiger partial charge on any atom is 0.422 e. The summed E-state index contributed by atoms with van der Waals surface area (Å²) in [5.74, 6) is 0.0799. The van der Waals surface area contributed by atoms with Gasteiger partial charge in [0.25, 0.3) is 5.56 Å². The summed E-state index contributed by atoms with van der Waals surface area (Å²) in [4.78, 5) is 11.6. The second-order valence-electron chi connectivity index (χ2n) is 4.70. The Morgan fingerprint density at radius 2 is 2.00 bits per heavy atom. The van der Waals surface area contributed by atoms with Gasteiger partial charge in [-0.25, -0.2) is 5.10 Å². The molecule has 0 saturated carbocycles. The summed E-state index contributed by atoms with van der Waals surface area (Å²) in [5.41, 5.74) is 0.226. The van der Waals surface area contributed by atoms with Gasteiger partial charge in [-0.1, -0.05) is 13.8 Å². The first-order chi connectivity index (χ1) is 9.28. The molecule has 20 heavy (non-hydrogen) atoms. The number of fused-ring (bicyclic) bond motifs is 1. The highest BCUT2D eigenvalue weighted by Crippen LogP contribution is 2.26. The van der Waals surface area contributed by atoms with Crippen LogP contribution in [0, 0.1) is 0 Å². The number of aromatic amines is 1. The van der Waals surface area contributed by atoms with Crippen LogP contribution in [-0.2, 0) is 0 Å². The van der Waals surface area contributed by atoms with Gasteiger partial charge >= 0.3 is 6.18 Å². The Labute approximate surface area is 112 Å². The molecule has 0 amide bonds. The molecule has 0 radical (unpaired) electrons. The van der Waals surface area contributed by atoms with Crippen molar-refractivity contribution < 1.29 is 17.9 Å². The van der Waals surface area contributed by atoms with Gasteiger partial charge in [0.2, 0.25) is 0 Å². The topological polar surface area (TPSA) is 55.0 Å². The molecule has 0 saturated heterocycles. The number of rotatable bonds is 3. The van der Waals surface area contributed by atoms with E-state index >= 15 is 0 Å². The van der Waals surface area contributed by atoms with Gasteiger partial charge in [-0.2, -0.15) is 18.3 Å². The van der Waals surface area contributed by atoms with E-state index in [0.717, 1.165) is 0 Å². The van der Waals surface area contributed by atoms with E-state index in [9.17, 15) is 18.0 Å². The fourth-order valence-electron chi connectivity index (χ4n) is 1.86. The highest BCUT2D eigenvalue weighted by Gasteiger charge is 2.28. The third-order valence-corrected chi connectivity index (χ3v) is 2.74. The van der Waals surface area contributed by atoms with Crippen LogP contribution in [0.2, 0.25) is 0 Å². The van der Waals surface area contributed by atoms with Crippen molar-refractivity contribution in [1.29, 1.82) is 0 Å². The maximum absolute atomic E-state index is 12.1. The molecule has 7 heteroatoms. The molecule has 4 nitrogen and oxygen atoms in total. The predicted octanol–water partition coefficient (Wildman–Crippen LogP) is 2.99. The fourth-order valence-corrected chi connectivity index (χ4v) is 1.86. The number of H-pyrrole nitrogens is 1. The largest absolute Gasteiger partial charge is 0.484 e. The minimum atomic E-state index is -4.40. The molecule has 0 aliphatic carbocycles. The fraction of sp³-hybridized carbons (Fsp3) is 0.385. The molecular weight excluding hydrogens is 273 g/mol. The van der Waals surface area contributed by atoms with Crippen LogP contribution in [0.15, 0.2) is 23.0 Å². The standard InChI is InChI=1S/C13H13F3N2O2/c1-7(2)11-10-5-8(20-6-13(14,15)16)3-4-9(10)12(19)18-17-11/h3-5,7H,6H2,1-2H3,(H,18,19). The number of hydrogen-bond acceptors (Lipinski definition) is 3. The smallest absolute Gasteiger partial charge is 0.422 e. The summed E-state index contributed by atoms with van der Waals surface area (Å²) in [6.07, 6.45) is -4.40. The van der Waals surface area contributed by atoms with Crippen molar-refractivity contribution in [3.05, 3.63) is 34.2 Å². The number of aromatic nitrogens is 2. The zero-order valence-electron chi connectivity index (χ0n) is 10.9. The van der Waals surface area contributed by atoms with Crippen molar-refractivity contribution in [2.24, 2.45) is 0 Å². The first-order valence-corrected chi connectivity index (χ1v) is 6.00. The van der Waals surface area contributed by atoms with Crippen molar-refractivity contribution in [2.45, 2.75) is 25.9 Å². The van der Waals surface area contributed by atoms with Crippen LogP contribution in [0.3, 0.4) is 0 Å². The van der Waals surface area contributed by atoms with E-state index in [1.165, 1.54) is 18.2 Å². The lowest BCUT2D eigenvalue weighted by atomic mass is 10.0. The van der Waals surface area contributed by atoms with E-state index in [2.05, 4.69) is 14.9 Å². The molecule has 1 N–H and O–H groups in total. The molecular formula is C13H13F3N2O2. The molecule has 0 fully saturated rings. The number of hydrogen-bond donors (Lipinski definition) is 1. The molecule has 108 valence electrons. The van der Waals surface area contributed by atoms with Gasteiger partial charge in [-0.3, -0.25) is 4.79 Å². The SMILES string of the molecule is CC(C)c1n[nH]c(=O)c2ccc(OCC(F)(F)F)cc12. The Hall–Kier alpha value is -2.05. The Morgan fingerprint density at radius 3 is 2.60 bits per heavy atom. The molecule has 1 aromatic carbocycles. The zero-order chi connectivity index (χ0) is 14.9. The van der Waals surface area contributed by atoms with E-state index in [4.69, 9.17) is 0 Å². The van der Waals surface area contributed by atoms with Crippen LogP contribution in [0.4, 0.5) is 13.2 Å². The summed E-state index contributed by atoms with van der Waals surface area (Å²) >= 11 is 0. The summed E-state index contributed by atoms with van der Waals surface area (Å²) in [6, 6.07) is 4.19. The Kier molecular flexibility index (Phi) is 3.69. The van der Waals surface area contributed by atoms with Gasteiger partial charge in [-0.05, 0) is 24.1 Å². The van der Waals surface area contributed by atoms with Gasteiger partial charge in [0, 0.05) is 5.39 Å². The summed E-state index contributed by atoms with van der Waals surface area (Å²) in [7, 11) is 0. The van der Waals surface area contributed by atoms with E-state index in [1.807, 2.05) is 13.8 Å². The molecule has 0 atom stereocenters. The minimum absolute atomic E-state index is 0.0206. The second-order valence-corrected chi connectivity index (χ2v) is 4.70. The first kappa shape index (κ1) is 14.4. The summed E-state index contributed by atoms with van der Waals surface area (Å²) in [6.45, 7) is 2.39. The lowest BCUT2D eigenvalue weighted by Crippen LogP contribution is -2.19. The monoisotopic (exact) mass is 286 g/mol. The van der Waals surface area contributed by atoms with Crippen molar-refractivity contribution in [1.82, 2.24) is 10.2 Å². The summed E-state index contributed by atoms with van der Waals surface area (Å²) < 4.78 is 41.1. The van der Waals surface area contributed by atoms with Crippen LogP contribution in [0.5, 0.6) is 5.75 Å². The Bertz CT molecular complexity index is 677. The van der Waals surface area contributed by atoms with Gasteiger partial charge in [0.1, 0.15) is 5.75 Å². The molecule has 2 aromatic rings. The number of halogens is 3. The minimum Gasteiger partial charge on any atom is -0.484 e. The Morgan fingerprint density at radius 1 is 1.30 bits per heavy atom. The average molecular weight is 286 g/mol. The molecule has 0 bridgehead atoms.